The van der Waals surface area contributed by atoms with Gasteiger partial charge in [0.05, 0.1) is 9.92 Å². The molecule has 0 N–H and O–H groups in total. The molecule has 0 aliphatic heterocycles. The number of para-hydroxylation sites is 1. The Balaban J connectivity index is 1.66. The van der Waals surface area contributed by atoms with Crippen molar-refractivity contribution in [2.75, 3.05) is 14.1 Å². The fourth-order valence-electron chi connectivity index (χ4n) is 2.45. The highest BCUT2D eigenvalue weighted by molar-refractivity contribution is 7.98. The Kier molecular flexibility index (Phi) is 6.84. The van der Waals surface area contributed by atoms with Gasteiger partial charge in [0.2, 0.25) is 10.0 Å². The molecule has 154 valence electrons. The van der Waals surface area contributed by atoms with Gasteiger partial charge >= 0.3 is 0 Å². The number of hydrogen-bond donors (Lipinski definition) is 0. The lowest BCUT2D eigenvalue weighted by atomic mass is 10.2. The zero-order chi connectivity index (χ0) is 21.0. The van der Waals surface area contributed by atoms with Crippen molar-refractivity contribution in [1.82, 2.24) is 19.1 Å². The fourth-order valence-corrected chi connectivity index (χ4v) is 4.49. The molecule has 0 fully saturated rings. The van der Waals surface area contributed by atoms with E-state index in [2.05, 4.69) is 10.2 Å². The van der Waals surface area contributed by atoms with Crippen molar-refractivity contribution in [2.24, 2.45) is 7.05 Å². The number of thioether (sulfide) groups is 1. The van der Waals surface area contributed by atoms with Crippen LogP contribution in [0.25, 0.3) is 0 Å². The summed E-state index contributed by atoms with van der Waals surface area (Å²) in [6, 6.07) is 14.2. The Morgan fingerprint density at radius 1 is 1.14 bits per heavy atom. The van der Waals surface area contributed by atoms with E-state index in [0.29, 0.717) is 27.5 Å². The SMILES string of the molecule is CN(C)S(=O)(=O)c1cccc(CSc2nnc(COc3ccccc3Cl)n2C)c1. The van der Waals surface area contributed by atoms with Crippen LogP contribution in [0.15, 0.2) is 58.6 Å². The number of benzene rings is 2. The summed E-state index contributed by atoms with van der Waals surface area (Å²) in [7, 11) is 1.43. The molecule has 0 saturated heterocycles. The summed E-state index contributed by atoms with van der Waals surface area (Å²) in [4.78, 5) is 0.271. The molecular weight excluding hydrogens is 432 g/mol. The lowest BCUT2D eigenvalue weighted by Gasteiger charge is -2.12. The quantitative estimate of drug-likeness (QED) is 0.486. The van der Waals surface area contributed by atoms with Crippen LogP contribution in [0.3, 0.4) is 0 Å². The second kappa shape index (κ2) is 9.17. The number of ether oxygens (including phenoxy) is 1. The van der Waals surface area contributed by atoms with Crippen LogP contribution in [0.2, 0.25) is 5.02 Å². The highest BCUT2D eigenvalue weighted by atomic mass is 35.5. The highest BCUT2D eigenvalue weighted by Gasteiger charge is 2.17. The van der Waals surface area contributed by atoms with Gasteiger partial charge in [0, 0.05) is 26.9 Å². The van der Waals surface area contributed by atoms with E-state index in [1.165, 1.54) is 30.2 Å². The monoisotopic (exact) mass is 452 g/mol. The average Bonchev–Trinajstić information content (AvgIpc) is 3.05. The first-order valence-corrected chi connectivity index (χ1v) is 11.5. The van der Waals surface area contributed by atoms with Crippen LogP contribution < -0.4 is 4.74 Å². The van der Waals surface area contributed by atoms with Crippen molar-refractivity contribution in [3.8, 4) is 5.75 Å². The normalized spacial score (nSPS) is 11.8. The number of aromatic nitrogens is 3. The van der Waals surface area contributed by atoms with Gasteiger partial charge in [-0.05, 0) is 29.8 Å². The van der Waals surface area contributed by atoms with E-state index >= 15 is 0 Å². The van der Waals surface area contributed by atoms with E-state index in [9.17, 15) is 8.42 Å². The van der Waals surface area contributed by atoms with Gasteiger partial charge in [-0.15, -0.1) is 10.2 Å². The van der Waals surface area contributed by atoms with Gasteiger partial charge in [0.25, 0.3) is 0 Å². The van der Waals surface area contributed by atoms with Gasteiger partial charge in [-0.2, -0.15) is 0 Å². The third-order valence-electron chi connectivity index (χ3n) is 4.16. The molecule has 0 radical (unpaired) electrons. The number of halogens is 1. The van der Waals surface area contributed by atoms with Gasteiger partial charge in [-0.25, -0.2) is 12.7 Å². The minimum absolute atomic E-state index is 0.240. The topological polar surface area (TPSA) is 77.3 Å². The van der Waals surface area contributed by atoms with Crippen LogP contribution >= 0.6 is 23.4 Å². The molecule has 0 aliphatic carbocycles. The molecule has 10 heteroatoms. The molecule has 3 rings (SSSR count). The van der Waals surface area contributed by atoms with Crippen LogP contribution in [-0.4, -0.2) is 41.6 Å². The highest BCUT2D eigenvalue weighted by Crippen LogP contribution is 2.26. The molecule has 3 aromatic rings. The lowest BCUT2D eigenvalue weighted by Crippen LogP contribution is -2.22. The van der Waals surface area contributed by atoms with Crippen molar-refractivity contribution in [1.29, 1.82) is 0 Å². The molecule has 0 saturated carbocycles. The first-order valence-electron chi connectivity index (χ1n) is 8.69. The van der Waals surface area contributed by atoms with Crippen molar-refractivity contribution < 1.29 is 13.2 Å². The largest absolute Gasteiger partial charge is 0.484 e. The molecule has 0 aliphatic rings. The molecule has 0 spiro atoms. The minimum atomic E-state index is -3.46. The third-order valence-corrected chi connectivity index (χ3v) is 7.38. The van der Waals surface area contributed by atoms with E-state index in [-0.39, 0.29) is 11.5 Å². The van der Waals surface area contributed by atoms with E-state index < -0.39 is 10.0 Å². The molecular formula is C19H21ClN4O3S2. The van der Waals surface area contributed by atoms with Crippen LogP contribution in [-0.2, 0) is 29.4 Å². The van der Waals surface area contributed by atoms with E-state index in [4.69, 9.17) is 16.3 Å². The second-order valence-electron chi connectivity index (χ2n) is 6.40. The van der Waals surface area contributed by atoms with Crippen molar-refractivity contribution in [2.45, 2.75) is 22.4 Å². The lowest BCUT2D eigenvalue weighted by molar-refractivity contribution is 0.290. The Morgan fingerprint density at radius 2 is 1.90 bits per heavy atom. The summed E-state index contributed by atoms with van der Waals surface area (Å²) in [6.45, 7) is 0.240. The summed E-state index contributed by atoms with van der Waals surface area (Å²) in [5.41, 5.74) is 0.884. The summed E-state index contributed by atoms with van der Waals surface area (Å²) in [5.74, 6) is 1.82. The molecule has 0 amide bonds. The molecule has 0 atom stereocenters. The van der Waals surface area contributed by atoms with Crippen LogP contribution in [0.4, 0.5) is 0 Å². The number of sulfonamides is 1. The zero-order valence-corrected chi connectivity index (χ0v) is 18.6. The van der Waals surface area contributed by atoms with Crippen molar-refractivity contribution >= 4 is 33.4 Å². The number of nitrogens with zero attached hydrogens (tertiary/aromatic N) is 4. The molecule has 7 nitrogen and oxygen atoms in total. The van der Waals surface area contributed by atoms with Gasteiger partial charge in [0.15, 0.2) is 11.0 Å². The molecule has 1 aromatic heterocycles. The Labute approximate surface area is 179 Å². The minimum Gasteiger partial charge on any atom is -0.484 e. The predicted molar refractivity (Wildman–Crippen MR) is 114 cm³/mol. The van der Waals surface area contributed by atoms with Crippen LogP contribution in [0, 0.1) is 0 Å². The first-order chi connectivity index (χ1) is 13.8. The smallest absolute Gasteiger partial charge is 0.242 e. The zero-order valence-electron chi connectivity index (χ0n) is 16.2. The van der Waals surface area contributed by atoms with E-state index in [1.807, 2.05) is 29.8 Å². The maximum absolute atomic E-state index is 12.3. The van der Waals surface area contributed by atoms with Crippen LogP contribution in [0.5, 0.6) is 5.75 Å². The van der Waals surface area contributed by atoms with Gasteiger partial charge < -0.3 is 9.30 Å². The van der Waals surface area contributed by atoms with Gasteiger partial charge in [0.1, 0.15) is 12.4 Å². The molecule has 1 heterocycles. The summed E-state index contributed by atoms with van der Waals surface area (Å²) in [5, 5.41) is 9.63. The maximum Gasteiger partial charge on any atom is 0.242 e. The Bertz CT molecular complexity index is 1100. The first kappa shape index (κ1) is 21.6. The summed E-state index contributed by atoms with van der Waals surface area (Å²) in [6.07, 6.45) is 0. The fraction of sp³-hybridized carbons (Fsp3) is 0.263. The standard InChI is InChI=1S/C19H21ClN4O3S2/c1-23(2)29(25,26)15-8-6-7-14(11-15)13-28-19-22-21-18(24(19)3)12-27-17-10-5-4-9-16(17)20/h4-11H,12-13H2,1-3H3. The predicted octanol–water partition coefficient (Wildman–Crippen LogP) is 3.59. The molecule has 0 unspecified atom stereocenters. The Morgan fingerprint density at radius 3 is 2.62 bits per heavy atom. The molecule has 0 bridgehead atoms. The van der Waals surface area contributed by atoms with Crippen molar-refractivity contribution in [3.05, 3.63) is 64.9 Å². The average molecular weight is 453 g/mol. The van der Waals surface area contributed by atoms with E-state index in [0.717, 1.165) is 5.56 Å². The number of hydrogen-bond acceptors (Lipinski definition) is 6. The Hall–Kier alpha value is -2.07. The van der Waals surface area contributed by atoms with Crippen molar-refractivity contribution in [3.63, 3.8) is 0 Å². The summed E-state index contributed by atoms with van der Waals surface area (Å²) >= 11 is 7.57. The summed E-state index contributed by atoms with van der Waals surface area (Å²) < 4.78 is 33.4. The second-order valence-corrected chi connectivity index (χ2v) is 9.90. The van der Waals surface area contributed by atoms with Gasteiger partial charge in [-0.1, -0.05) is 47.6 Å². The van der Waals surface area contributed by atoms with Gasteiger partial charge in [-0.3, -0.25) is 0 Å². The third kappa shape index (κ3) is 5.11. The van der Waals surface area contributed by atoms with E-state index in [1.54, 1.807) is 30.3 Å². The maximum atomic E-state index is 12.3. The number of rotatable bonds is 8. The molecule has 29 heavy (non-hydrogen) atoms. The van der Waals surface area contributed by atoms with Crippen LogP contribution in [0.1, 0.15) is 11.4 Å². The molecule has 2 aromatic carbocycles.